The van der Waals surface area contributed by atoms with E-state index in [1.54, 1.807) is 13.0 Å². The van der Waals surface area contributed by atoms with Crippen LogP contribution in [-0.4, -0.2) is 57.2 Å². The molecule has 0 unspecified atom stereocenters. The van der Waals surface area contributed by atoms with Crippen LogP contribution in [0.2, 0.25) is 0 Å². The molecule has 0 aliphatic carbocycles. The predicted octanol–water partition coefficient (Wildman–Crippen LogP) is 2.99. The van der Waals surface area contributed by atoms with E-state index in [1.807, 2.05) is 12.1 Å². The third-order valence-electron chi connectivity index (χ3n) is 4.57. The number of amides is 1. The van der Waals surface area contributed by atoms with Gasteiger partial charge in [0.1, 0.15) is 6.10 Å². The summed E-state index contributed by atoms with van der Waals surface area (Å²) in [5.41, 5.74) is 2.02. The van der Waals surface area contributed by atoms with Crippen LogP contribution in [0.4, 0.5) is 11.4 Å². The molecular formula is C20H31N3O2. The number of carbonyl (C=O) groups excluding carboxylic acids is 1. The standard InChI is InChI=1S/C20H31N3O2/c1-5-14-25-16(2)20(24)21-18-6-8-19(9-7-18)23-12-10-17(11-13-23)15-22(3)4/h5-9,16-17H,1,10-15H2,2-4H3,(H,21,24)/t16-/m1/s1. The van der Waals surface area contributed by atoms with E-state index in [4.69, 9.17) is 4.74 Å². The van der Waals surface area contributed by atoms with Crippen molar-refractivity contribution >= 4 is 17.3 Å². The quantitative estimate of drug-likeness (QED) is 0.736. The van der Waals surface area contributed by atoms with Gasteiger partial charge in [-0.15, -0.1) is 6.58 Å². The number of hydrogen-bond acceptors (Lipinski definition) is 4. The zero-order valence-electron chi connectivity index (χ0n) is 15.7. The van der Waals surface area contributed by atoms with E-state index in [1.165, 1.54) is 25.1 Å². The van der Waals surface area contributed by atoms with Gasteiger partial charge in [-0.2, -0.15) is 0 Å². The summed E-state index contributed by atoms with van der Waals surface area (Å²) in [6, 6.07) is 8.08. The number of rotatable bonds is 8. The molecule has 1 aliphatic heterocycles. The van der Waals surface area contributed by atoms with Crippen molar-refractivity contribution in [3.63, 3.8) is 0 Å². The minimum atomic E-state index is -0.492. The molecule has 0 bridgehead atoms. The summed E-state index contributed by atoms with van der Waals surface area (Å²) in [5, 5.41) is 2.89. The number of nitrogens with one attached hydrogen (secondary N) is 1. The largest absolute Gasteiger partial charge is 0.372 e. The summed E-state index contributed by atoms with van der Waals surface area (Å²) < 4.78 is 5.34. The lowest BCUT2D eigenvalue weighted by Gasteiger charge is -2.34. The van der Waals surface area contributed by atoms with Crippen LogP contribution in [0.25, 0.3) is 0 Å². The molecule has 1 aromatic carbocycles. The summed E-state index contributed by atoms with van der Waals surface area (Å²) in [5.74, 6) is 0.654. The van der Waals surface area contributed by atoms with Crippen molar-refractivity contribution < 1.29 is 9.53 Å². The minimum absolute atomic E-state index is 0.140. The summed E-state index contributed by atoms with van der Waals surface area (Å²) in [7, 11) is 4.28. The molecule has 1 aliphatic rings. The molecule has 2 rings (SSSR count). The van der Waals surface area contributed by atoms with Gasteiger partial charge in [0.25, 0.3) is 5.91 Å². The van der Waals surface area contributed by atoms with Crippen LogP contribution in [0.1, 0.15) is 19.8 Å². The van der Waals surface area contributed by atoms with Crippen LogP contribution in [-0.2, 0) is 9.53 Å². The van der Waals surface area contributed by atoms with Crippen LogP contribution < -0.4 is 10.2 Å². The third kappa shape index (κ3) is 6.18. The highest BCUT2D eigenvalue weighted by atomic mass is 16.5. The summed E-state index contributed by atoms with van der Waals surface area (Å²) in [6.45, 7) is 9.06. The van der Waals surface area contributed by atoms with Crippen molar-refractivity contribution in [2.45, 2.75) is 25.9 Å². The van der Waals surface area contributed by atoms with Crippen LogP contribution in [0, 0.1) is 5.92 Å². The van der Waals surface area contributed by atoms with E-state index in [-0.39, 0.29) is 5.91 Å². The maximum atomic E-state index is 12.0. The van der Waals surface area contributed by atoms with E-state index in [0.717, 1.165) is 24.7 Å². The fourth-order valence-corrected chi connectivity index (χ4v) is 3.18. The molecule has 0 radical (unpaired) electrons. The van der Waals surface area contributed by atoms with E-state index >= 15 is 0 Å². The highest BCUT2D eigenvalue weighted by molar-refractivity contribution is 5.94. The van der Waals surface area contributed by atoms with Crippen LogP contribution in [0.15, 0.2) is 36.9 Å². The lowest BCUT2D eigenvalue weighted by molar-refractivity contribution is -0.125. The zero-order valence-corrected chi connectivity index (χ0v) is 15.7. The second-order valence-corrected chi connectivity index (χ2v) is 6.99. The Morgan fingerprint density at radius 2 is 2.00 bits per heavy atom. The second-order valence-electron chi connectivity index (χ2n) is 6.99. The number of hydrogen-bond donors (Lipinski definition) is 1. The fourth-order valence-electron chi connectivity index (χ4n) is 3.18. The van der Waals surface area contributed by atoms with E-state index < -0.39 is 6.10 Å². The molecular weight excluding hydrogens is 314 g/mol. The molecule has 1 N–H and O–H groups in total. The Morgan fingerprint density at radius 1 is 1.36 bits per heavy atom. The molecule has 1 fully saturated rings. The minimum Gasteiger partial charge on any atom is -0.372 e. The Balaban J connectivity index is 1.84. The Labute approximate surface area is 151 Å². The first kappa shape index (κ1) is 19.5. The van der Waals surface area contributed by atoms with Gasteiger partial charge in [0.15, 0.2) is 0 Å². The molecule has 1 amide bonds. The number of benzene rings is 1. The van der Waals surface area contributed by atoms with E-state index in [2.05, 4.69) is 47.9 Å². The van der Waals surface area contributed by atoms with Crippen molar-refractivity contribution in [3.05, 3.63) is 36.9 Å². The van der Waals surface area contributed by atoms with E-state index in [0.29, 0.717) is 6.61 Å². The van der Waals surface area contributed by atoms with E-state index in [9.17, 15) is 4.79 Å². The smallest absolute Gasteiger partial charge is 0.253 e. The summed E-state index contributed by atoms with van der Waals surface area (Å²) in [6.07, 6.45) is 3.61. The van der Waals surface area contributed by atoms with Crippen LogP contribution in [0.5, 0.6) is 0 Å². The van der Waals surface area contributed by atoms with Gasteiger partial charge in [-0.1, -0.05) is 6.08 Å². The fraction of sp³-hybridized carbons (Fsp3) is 0.550. The van der Waals surface area contributed by atoms with Gasteiger partial charge in [-0.25, -0.2) is 0 Å². The first-order valence-corrected chi connectivity index (χ1v) is 9.02. The van der Waals surface area contributed by atoms with Gasteiger partial charge in [0, 0.05) is 31.0 Å². The SMILES string of the molecule is C=CCO[C@H](C)C(=O)Nc1ccc(N2CCC(CN(C)C)CC2)cc1. The molecule has 0 spiro atoms. The first-order chi connectivity index (χ1) is 12.0. The Bertz CT molecular complexity index is 549. The summed E-state index contributed by atoms with van der Waals surface area (Å²) in [4.78, 5) is 16.7. The molecule has 1 atom stereocenters. The first-order valence-electron chi connectivity index (χ1n) is 9.02. The lowest BCUT2D eigenvalue weighted by atomic mass is 9.96. The molecule has 0 aromatic heterocycles. The number of ether oxygens (including phenoxy) is 1. The zero-order chi connectivity index (χ0) is 18.2. The third-order valence-corrected chi connectivity index (χ3v) is 4.57. The lowest BCUT2D eigenvalue weighted by Crippen LogP contribution is -2.37. The Kier molecular flexibility index (Phi) is 7.47. The maximum absolute atomic E-state index is 12.0. The van der Waals surface area contributed by atoms with Gasteiger partial charge in [0.05, 0.1) is 6.61 Å². The normalized spacial score (nSPS) is 16.7. The second kappa shape index (κ2) is 9.59. The number of piperidine rings is 1. The monoisotopic (exact) mass is 345 g/mol. The van der Waals surface area contributed by atoms with Crippen molar-refractivity contribution in [1.29, 1.82) is 0 Å². The van der Waals surface area contributed by atoms with Gasteiger partial charge in [0.2, 0.25) is 0 Å². The predicted molar refractivity (Wildman–Crippen MR) is 104 cm³/mol. The average molecular weight is 345 g/mol. The highest BCUT2D eigenvalue weighted by Gasteiger charge is 2.20. The topological polar surface area (TPSA) is 44.8 Å². The Hall–Kier alpha value is -1.85. The van der Waals surface area contributed by atoms with Crippen molar-refractivity contribution in [2.75, 3.05) is 50.6 Å². The number of carbonyl (C=O) groups is 1. The molecule has 5 nitrogen and oxygen atoms in total. The Morgan fingerprint density at radius 3 is 2.56 bits per heavy atom. The molecule has 1 aromatic rings. The molecule has 25 heavy (non-hydrogen) atoms. The number of anilines is 2. The molecule has 5 heteroatoms. The molecule has 0 saturated carbocycles. The van der Waals surface area contributed by atoms with Crippen LogP contribution in [0.3, 0.4) is 0 Å². The summed E-state index contributed by atoms with van der Waals surface area (Å²) >= 11 is 0. The van der Waals surface area contributed by atoms with Crippen molar-refractivity contribution in [3.8, 4) is 0 Å². The van der Waals surface area contributed by atoms with Gasteiger partial charge >= 0.3 is 0 Å². The van der Waals surface area contributed by atoms with Crippen molar-refractivity contribution in [1.82, 2.24) is 4.90 Å². The van der Waals surface area contributed by atoms with Gasteiger partial charge < -0.3 is 19.9 Å². The highest BCUT2D eigenvalue weighted by Crippen LogP contribution is 2.25. The van der Waals surface area contributed by atoms with Crippen molar-refractivity contribution in [2.24, 2.45) is 5.92 Å². The van der Waals surface area contributed by atoms with Gasteiger partial charge in [-0.3, -0.25) is 4.79 Å². The average Bonchev–Trinajstić information content (AvgIpc) is 2.60. The van der Waals surface area contributed by atoms with Crippen LogP contribution >= 0.6 is 0 Å². The maximum Gasteiger partial charge on any atom is 0.253 e. The number of nitrogens with zero attached hydrogens (tertiary/aromatic N) is 2. The molecule has 1 heterocycles. The molecule has 1 saturated heterocycles. The molecule has 138 valence electrons. The van der Waals surface area contributed by atoms with Gasteiger partial charge in [-0.05, 0) is 64.0 Å².